The van der Waals surface area contributed by atoms with Gasteiger partial charge >= 0.3 is 0 Å². The van der Waals surface area contributed by atoms with E-state index in [1.165, 1.54) is 0 Å². The van der Waals surface area contributed by atoms with Crippen molar-refractivity contribution >= 4 is 27.2 Å². The number of thiocarbonyl (C=S) groups is 1. The van der Waals surface area contributed by atoms with E-state index in [1.54, 1.807) is 37.6 Å². The van der Waals surface area contributed by atoms with Gasteiger partial charge in [-0.05, 0) is 55.6 Å². The lowest BCUT2D eigenvalue weighted by Gasteiger charge is -2.26. The van der Waals surface area contributed by atoms with E-state index in [0.717, 1.165) is 25.1 Å². The molecule has 0 spiro atoms. The van der Waals surface area contributed by atoms with Gasteiger partial charge in [0.05, 0.1) is 31.3 Å². The summed E-state index contributed by atoms with van der Waals surface area (Å²) in [5, 5.41) is 4.05. The molecule has 0 unspecified atom stereocenters. The van der Waals surface area contributed by atoms with E-state index in [4.69, 9.17) is 17.0 Å². The van der Waals surface area contributed by atoms with Gasteiger partial charge in [-0.1, -0.05) is 26.0 Å². The summed E-state index contributed by atoms with van der Waals surface area (Å²) in [5.41, 5.74) is 1.54. The summed E-state index contributed by atoms with van der Waals surface area (Å²) >= 11 is 5.57. The first-order valence-electron chi connectivity index (χ1n) is 10.7. The summed E-state index contributed by atoms with van der Waals surface area (Å²) < 4.78 is 33.7. The van der Waals surface area contributed by atoms with Crippen LogP contribution in [-0.2, 0) is 28.7 Å². The molecule has 0 amide bonds. The Kier molecular flexibility index (Phi) is 7.59. The average molecular weight is 465 g/mol. The summed E-state index contributed by atoms with van der Waals surface area (Å²) in [6.07, 6.45) is 3.89. The van der Waals surface area contributed by atoms with Crippen molar-refractivity contribution in [3.63, 3.8) is 0 Å². The monoisotopic (exact) mass is 464 g/mol. The van der Waals surface area contributed by atoms with E-state index in [2.05, 4.69) is 29.0 Å². The van der Waals surface area contributed by atoms with E-state index in [9.17, 15) is 8.42 Å². The van der Waals surface area contributed by atoms with Crippen molar-refractivity contribution in [2.24, 2.45) is 5.92 Å². The number of methoxy groups -OCH3 is 1. The fourth-order valence-corrected chi connectivity index (χ4v) is 5.40. The first kappa shape index (κ1) is 23.5. The molecule has 0 bridgehead atoms. The smallest absolute Gasteiger partial charge is 0.228 e. The van der Waals surface area contributed by atoms with Crippen LogP contribution < -0.4 is 10.1 Å². The quantitative estimate of drug-likeness (QED) is 0.540. The maximum Gasteiger partial charge on any atom is 0.228 e. The molecule has 1 aromatic carbocycles. The van der Waals surface area contributed by atoms with Gasteiger partial charge in [0, 0.05) is 19.1 Å². The standard InChI is InChI=1S/C22H32N4O3S2/c1-5-23-21(30)25(18-9-10-18)14-19-12-24-22(26(19)13-16(2)3)31(27,28)15-17-7-6-8-20(11-17)29-4/h6-8,11-12,16,18H,5,9-10,13-15H2,1-4H3,(H,23,30). The Morgan fingerprint density at radius 3 is 2.74 bits per heavy atom. The van der Waals surface area contributed by atoms with Crippen molar-refractivity contribution in [2.75, 3.05) is 13.7 Å². The molecular weight excluding hydrogens is 432 g/mol. The molecule has 2 aromatic rings. The van der Waals surface area contributed by atoms with E-state index in [0.29, 0.717) is 35.6 Å². The molecule has 7 nitrogen and oxygen atoms in total. The molecule has 31 heavy (non-hydrogen) atoms. The van der Waals surface area contributed by atoms with Crippen LogP contribution in [-0.4, -0.2) is 47.7 Å². The molecule has 1 saturated carbocycles. The molecule has 170 valence electrons. The summed E-state index contributed by atoms with van der Waals surface area (Å²) in [6.45, 7) is 8.05. The van der Waals surface area contributed by atoms with Gasteiger partial charge < -0.3 is 19.5 Å². The number of aromatic nitrogens is 2. The molecule has 0 radical (unpaired) electrons. The van der Waals surface area contributed by atoms with Gasteiger partial charge in [0.15, 0.2) is 5.11 Å². The second-order valence-corrected chi connectivity index (χ2v) is 10.6. The molecule has 1 N–H and O–H groups in total. The molecule has 1 aliphatic carbocycles. The maximum absolute atomic E-state index is 13.3. The fourth-order valence-electron chi connectivity index (χ4n) is 3.55. The Hall–Kier alpha value is -2.13. The normalized spacial score (nSPS) is 14.0. The average Bonchev–Trinajstić information content (AvgIpc) is 3.47. The third-order valence-electron chi connectivity index (χ3n) is 5.13. The molecule has 0 atom stereocenters. The highest BCUT2D eigenvalue weighted by Gasteiger charge is 2.32. The molecule has 0 saturated heterocycles. The Bertz CT molecular complexity index is 1010. The largest absolute Gasteiger partial charge is 0.497 e. The first-order valence-corrected chi connectivity index (χ1v) is 12.8. The van der Waals surface area contributed by atoms with Gasteiger partial charge in [0.2, 0.25) is 15.0 Å². The van der Waals surface area contributed by atoms with Gasteiger partial charge in [-0.3, -0.25) is 0 Å². The van der Waals surface area contributed by atoms with Crippen molar-refractivity contribution in [1.29, 1.82) is 0 Å². The van der Waals surface area contributed by atoms with E-state index >= 15 is 0 Å². The first-order chi connectivity index (χ1) is 14.7. The van der Waals surface area contributed by atoms with Crippen LogP contribution in [0.4, 0.5) is 0 Å². The Morgan fingerprint density at radius 2 is 2.13 bits per heavy atom. The minimum Gasteiger partial charge on any atom is -0.497 e. The van der Waals surface area contributed by atoms with Crippen molar-refractivity contribution in [3.8, 4) is 5.75 Å². The summed E-state index contributed by atoms with van der Waals surface area (Å²) in [5.74, 6) is 0.783. The number of imidazole rings is 1. The third-order valence-corrected chi connectivity index (χ3v) is 7.10. The van der Waals surface area contributed by atoms with Crippen molar-refractivity contribution in [2.45, 2.75) is 63.7 Å². The summed E-state index contributed by atoms with van der Waals surface area (Å²) in [6, 6.07) is 7.54. The number of nitrogens with one attached hydrogen (secondary N) is 1. The SMILES string of the molecule is CCNC(=S)N(Cc1cnc(S(=O)(=O)Cc2cccc(OC)c2)n1CC(C)C)C1CC1. The van der Waals surface area contributed by atoms with Gasteiger partial charge in [0.1, 0.15) is 5.75 Å². The highest BCUT2D eigenvalue weighted by molar-refractivity contribution is 7.90. The predicted molar refractivity (Wildman–Crippen MR) is 126 cm³/mol. The van der Waals surface area contributed by atoms with E-state index < -0.39 is 9.84 Å². The Morgan fingerprint density at radius 1 is 1.39 bits per heavy atom. The third kappa shape index (κ3) is 5.98. The molecule has 1 fully saturated rings. The van der Waals surface area contributed by atoms with Crippen LogP contribution in [0.1, 0.15) is 44.9 Å². The Balaban J connectivity index is 1.91. The van der Waals surface area contributed by atoms with Crippen molar-refractivity contribution in [1.82, 2.24) is 19.8 Å². The number of hydrogen-bond donors (Lipinski definition) is 1. The highest BCUT2D eigenvalue weighted by atomic mass is 32.2. The number of rotatable bonds is 10. The molecule has 0 aliphatic heterocycles. The minimum atomic E-state index is -3.64. The lowest BCUT2D eigenvalue weighted by molar-refractivity contribution is 0.371. The lowest BCUT2D eigenvalue weighted by Crippen LogP contribution is -2.41. The van der Waals surface area contributed by atoms with E-state index in [-0.39, 0.29) is 16.8 Å². The number of ether oxygens (including phenoxy) is 1. The molecule has 1 aromatic heterocycles. The van der Waals surface area contributed by atoms with Crippen LogP contribution in [0.5, 0.6) is 5.75 Å². The van der Waals surface area contributed by atoms with E-state index in [1.807, 2.05) is 11.5 Å². The van der Waals surface area contributed by atoms with Crippen molar-refractivity contribution < 1.29 is 13.2 Å². The summed E-state index contributed by atoms with van der Waals surface area (Å²) in [7, 11) is -2.07. The number of hydrogen-bond acceptors (Lipinski definition) is 5. The minimum absolute atomic E-state index is 0.115. The molecule has 9 heteroatoms. The zero-order chi connectivity index (χ0) is 22.6. The van der Waals surface area contributed by atoms with Gasteiger partial charge in [0.25, 0.3) is 0 Å². The molecule has 1 aliphatic rings. The highest BCUT2D eigenvalue weighted by Crippen LogP contribution is 2.29. The second-order valence-electron chi connectivity index (χ2n) is 8.34. The van der Waals surface area contributed by atoms with Crippen LogP contribution in [0.15, 0.2) is 35.6 Å². The number of nitrogens with zero attached hydrogens (tertiary/aromatic N) is 3. The molecular formula is C22H32N4O3S2. The predicted octanol–water partition coefficient (Wildman–Crippen LogP) is 3.38. The number of sulfone groups is 1. The summed E-state index contributed by atoms with van der Waals surface area (Å²) in [4.78, 5) is 6.53. The lowest BCUT2D eigenvalue weighted by atomic mass is 10.2. The van der Waals surface area contributed by atoms with Gasteiger partial charge in [-0.25, -0.2) is 13.4 Å². The second kappa shape index (κ2) is 9.99. The van der Waals surface area contributed by atoms with Crippen LogP contribution in [0, 0.1) is 5.92 Å². The van der Waals surface area contributed by atoms with Crippen molar-refractivity contribution in [3.05, 3.63) is 41.7 Å². The van der Waals surface area contributed by atoms with Crippen LogP contribution in [0.3, 0.4) is 0 Å². The van der Waals surface area contributed by atoms with Gasteiger partial charge in [-0.15, -0.1) is 0 Å². The topological polar surface area (TPSA) is 76.5 Å². The zero-order valence-electron chi connectivity index (χ0n) is 18.7. The fraction of sp³-hybridized carbons (Fsp3) is 0.545. The zero-order valence-corrected chi connectivity index (χ0v) is 20.3. The van der Waals surface area contributed by atoms with Crippen LogP contribution >= 0.6 is 12.2 Å². The van der Waals surface area contributed by atoms with Crippen LogP contribution in [0.25, 0.3) is 0 Å². The number of benzene rings is 1. The Labute approximate surface area is 190 Å². The van der Waals surface area contributed by atoms with Crippen LogP contribution in [0.2, 0.25) is 0 Å². The molecule has 1 heterocycles. The maximum atomic E-state index is 13.3. The molecule has 3 rings (SSSR count). The van der Waals surface area contributed by atoms with Gasteiger partial charge in [-0.2, -0.15) is 0 Å².